The van der Waals surface area contributed by atoms with Crippen molar-refractivity contribution in [2.75, 3.05) is 46.6 Å². The molecule has 1 aliphatic carbocycles. The number of hydrogen-bond donors (Lipinski definition) is 1. The first-order valence-electron chi connectivity index (χ1n) is 11.7. The van der Waals surface area contributed by atoms with Gasteiger partial charge in [-0.1, -0.05) is 0 Å². The predicted octanol–water partition coefficient (Wildman–Crippen LogP) is 3.12. The van der Waals surface area contributed by atoms with E-state index in [0.29, 0.717) is 45.5 Å². The second kappa shape index (κ2) is 11.3. The number of amides is 1. The Hall–Kier alpha value is -2.13. The highest BCUT2D eigenvalue weighted by atomic mass is 32.1. The summed E-state index contributed by atoms with van der Waals surface area (Å²) in [5.74, 6) is 1.62. The highest BCUT2D eigenvalue weighted by Gasteiger charge is 2.36. The fourth-order valence-electron chi connectivity index (χ4n) is 4.35. The summed E-state index contributed by atoms with van der Waals surface area (Å²) in [6, 6.07) is 9.89. The van der Waals surface area contributed by atoms with Crippen molar-refractivity contribution in [1.82, 2.24) is 9.80 Å². The normalized spacial score (nSPS) is 18.8. The molecule has 2 aromatic rings. The maximum Gasteiger partial charge on any atom is 0.237 e. The van der Waals surface area contributed by atoms with Gasteiger partial charge in [0, 0.05) is 30.6 Å². The molecule has 1 aromatic heterocycles. The van der Waals surface area contributed by atoms with Gasteiger partial charge in [-0.2, -0.15) is 0 Å². The number of hydrogen-bond acceptors (Lipinski definition) is 7. The Morgan fingerprint density at radius 3 is 2.70 bits per heavy atom. The molecule has 0 radical (unpaired) electrons. The van der Waals surface area contributed by atoms with E-state index in [1.54, 1.807) is 18.4 Å². The third-order valence-electron chi connectivity index (χ3n) is 6.24. The first-order chi connectivity index (χ1) is 16.1. The molecule has 1 N–H and O–H groups in total. The van der Waals surface area contributed by atoms with Crippen molar-refractivity contribution >= 4 is 17.2 Å². The number of fused-ring (bicyclic) bond motifs is 1. The van der Waals surface area contributed by atoms with Crippen LogP contribution in [0.2, 0.25) is 0 Å². The van der Waals surface area contributed by atoms with Gasteiger partial charge in [-0.25, -0.2) is 0 Å². The molecule has 1 amide bonds. The molecule has 8 heteroatoms. The smallest absolute Gasteiger partial charge is 0.237 e. The zero-order chi connectivity index (χ0) is 23.2. The summed E-state index contributed by atoms with van der Waals surface area (Å²) < 4.78 is 16.7. The Morgan fingerprint density at radius 2 is 2.00 bits per heavy atom. The molecule has 2 atom stereocenters. The summed E-state index contributed by atoms with van der Waals surface area (Å²) in [7, 11) is 1.64. The molecular weight excluding hydrogens is 440 g/mol. The van der Waals surface area contributed by atoms with Crippen LogP contribution in [0.15, 0.2) is 35.7 Å². The number of thiophene rings is 1. The number of ether oxygens (including phenoxy) is 3. The van der Waals surface area contributed by atoms with Crippen LogP contribution in [0.5, 0.6) is 11.5 Å². The van der Waals surface area contributed by atoms with Gasteiger partial charge in [-0.3, -0.25) is 9.69 Å². The van der Waals surface area contributed by atoms with Crippen molar-refractivity contribution in [3.8, 4) is 11.5 Å². The molecule has 0 saturated heterocycles. The van der Waals surface area contributed by atoms with Gasteiger partial charge in [0.1, 0.15) is 18.1 Å². The molecule has 0 bridgehead atoms. The van der Waals surface area contributed by atoms with Crippen LogP contribution in [-0.2, 0) is 16.0 Å². The minimum atomic E-state index is -0.586. The fraction of sp³-hybridized carbons (Fsp3) is 0.560. The Balaban J connectivity index is 1.43. The van der Waals surface area contributed by atoms with Gasteiger partial charge in [0.15, 0.2) is 0 Å². The number of aliphatic hydroxyl groups is 1. The van der Waals surface area contributed by atoms with Crippen LogP contribution in [0.25, 0.3) is 0 Å². The van der Waals surface area contributed by atoms with Gasteiger partial charge < -0.3 is 24.2 Å². The first kappa shape index (κ1) is 24.0. The van der Waals surface area contributed by atoms with Gasteiger partial charge in [-0.05, 0) is 67.5 Å². The number of benzene rings is 1. The number of aliphatic hydroxyl groups excluding tert-OH is 1. The third-order valence-corrected chi connectivity index (χ3v) is 7.24. The van der Waals surface area contributed by atoms with E-state index in [4.69, 9.17) is 14.2 Å². The number of rotatable bonds is 12. The lowest BCUT2D eigenvalue weighted by atomic mass is 10.0. The van der Waals surface area contributed by atoms with Crippen LogP contribution < -0.4 is 9.47 Å². The lowest BCUT2D eigenvalue weighted by Gasteiger charge is -2.37. The van der Waals surface area contributed by atoms with Crippen LogP contribution in [0, 0.1) is 0 Å². The topological polar surface area (TPSA) is 71.5 Å². The van der Waals surface area contributed by atoms with Crippen molar-refractivity contribution in [2.24, 2.45) is 0 Å². The van der Waals surface area contributed by atoms with Gasteiger partial charge in [0.05, 0.1) is 32.4 Å². The number of methoxy groups -OCH3 is 1. The molecule has 1 aromatic carbocycles. The second-order valence-electron chi connectivity index (χ2n) is 8.61. The van der Waals surface area contributed by atoms with Crippen molar-refractivity contribution in [3.63, 3.8) is 0 Å². The maximum absolute atomic E-state index is 13.5. The van der Waals surface area contributed by atoms with Crippen LogP contribution >= 0.6 is 11.3 Å². The maximum atomic E-state index is 13.5. The summed E-state index contributed by atoms with van der Waals surface area (Å²) in [4.78, 5) is 18.9. The fourth-order valence-corrected chi connectivity index (χ4v) is 5.27. The van der Waals surface area contributed by atoms with Crippen molar-refractivity contribution in [3.05, 3.63) is 46.2 Å². The first-order valence-corrected chi connectivity index (χ1v) is 12.6. The molecule has 7 nitrogen and oxygen atoms in total. The minimum absolute atomic E-state index is 0.0886. The summed E-state index contributed by atoms with van der Waals surface area (Å²) in [6.45, 7) is 4.65. The van der Waals surface area contributed by atoms with Crippen LogP contribution in [0.1, 0.15) is 36.2 Å². The lowest BCUT2D eigenvalue weighted by molar-refractivity contribution is -0.136. The Labute approximate surface area is 199 Å². The highest BCUT2D eigenvalue weighted by molar-refractivity contribution is 7.10. The summed E-state index contributed by atoms with van der Waals surface area (Å²) in [5.41, 5.74) is 1.18. The standard InChI is InChI=1S/C25H34N2O5S/c1-3-31-16-19(28)14-26(18-4-5-18)15-25(29)27-12-10-24-22(11-13-33-24)23(27)17-32-21-8-6-20(30-2)7-9-21/h6-9,11,13,18-19,23,28H,3-5,10,12,14-17H2,1-2H3/t19-,23+/m0/s1. The molecule has 4 rings (SSSR count). The van der Waals surface area contributed by atoms with E-state index in [1.165, 1.54) is 10.4 Å². The van der Waals surface area contributed by atoms with Gasteiger partial charge >= 0.3 is 0 Å². The number of carbonyl (C=O) groups is 1. The summed E-state index contributed by atoms with van der Waals surface area (Å²) in [6.07, 6.45) is 2.44. The van der Waals surface area contributed by atoms with Crippen LogP contribution in [0.4, 0.5) is 0 Å². The number of carbonyl (C=O) groups excluding carboxylic acids is 1. The zero-order valence-electron chi connectivity index (χ0n) is 19.4. The van der Waals surface area contributed by atoms with Crippen molar-refractivity contribution in [2.45, 2.75) is 44.4 Å². The lowest BCUT2D eigenvalue weighted by Crippen LogP contribution is -2.48. The SMILES string of the molecule is CCOC[C@@H](O)CN(CC(=O)N1CCc2sccc2[C@H]1COc1ccc(OC)cc1)C1CC1. The quantitative estimate of drug-likeness (QED) is 0.510. The Bertz CT molecular complexity index is 898. The highest BCUT2D eigenvalue weighted by Crippen LogP contribution is 2.35. The molecule has 2 aliphatic rings. The van der Waals surface area contributed by atoms with Crippen molar-refractivity contribution in [1.29, 1.82) is 0 Å². The van der Waals surface area contributed by atoms with E-state index in [-0.39, 0.29) is 11.9 Å². The molecule has 0 unspecified atom stereocenters. The monoisotopic (exact) mass is 474 g/mol. The van der Waals surface area contributed by atoms with E-state index in [9.17, 15) is 9.90 Å². The zero-order valence-corrected chi connectivity index (χ0v) is 20.3. The molecule has 1 fully saturated rings. The van der Waals surface area contributed by atoms with E-state index in [0.717, 1.165) is 30.8 Å². The average molecular weight is 475 g/mol. The molecular formula is C25H34N2O5S. The minimum Gasteiger partial charge on any atom is -0.497 e. The predicted molar refractivity (Wildman–Crippen MR) is 128 cm³/mol. The van der Waals surface area contributed by atoms with E-state index in [1.807, 2.05) is 36.1 Å². The van der Waals surface area contributed by atoms with Gasteiger partial charge in [0.25, 0.3) is 0 Å². The van der Waals surface area contributed by atoms with Gasteiger partial charge in [0.2, 0.25) is 5.91 Å². The molecule has 33 heavy (non-hydrogen) atoms. The van der Waals surface area contributed by atoms with E-state index >= 15 is 0 Å². The number of nitrogens with zero attached hydrogens (tertiary/aromatic N) is 2. The average Bonchev–Trinajstić information content (AvgIpc) is 3.57. The van der Waals surface area contributed by atoms with Crippen LogP contribution in [0.3, 0.4) is 0 Å². The van der Waals surface area contributed by atoms with Crippen LogP contribution in [-0.4, -0.2) is 79.5 Å². The third kappa shape index (κ3) is 6.26. The van der Waals surface area contributed by atoms with Crippen molar-refractivity contribution < 1.29 is 24.1 Å². The summed E-state index contributed by atoms with van der Waals surface area (Å²) in [5, 5.41) is 12.4. The molecule has 1 saturated carbocycles. The molecule has 1 aliphatic heterocycles. The largest absolute Gasteiger partial charge is 0.497 e. The van der Waals surface area contributed by atoms with Gasteiger partial charge in [-0.15, -0.1) is 11.3 Å². The second-order valence-corrected chi connectivity index (χ2v) is 9.61. The molecule has 0 spiro atoms. The molecule has 2 heterocycles. The molecule has 180 valence electrons. The summed E-state index contributed by atoms with van der Waals surface area (Å²) >= 11 is 1.75. The Kier molecular flexibility index (Phi) is 8.25. The van der Waals surface area contributed by atoms with E-state index in [2.05, 4.69) is 16.3 Å². The Morgan fingerprint density at radius 1 is 1.24 bits per heavy atom. The van der Waals surface area contributed by atoms with E-state index < -0.39 is 6.10 Å².